The lowest BCUT2D eigenvalue weighted by atomic mass is 10.2. The molecule has 7 nitrogen and oxygen atoms in total. The first-order valence-electron chi connectivity index (χ1n) is 7.51. The van der Waals surface area contributed by atoms with Crippen molar-refractivity contribution in [3.63, 3.8) is 0 Å². The second-order valence-electron chi connectivity index (χ2n) is 5.58. The van der Waals surface area contributed by atoms with Crippen molar-refractivity contribution in [2.75, 3.05) is 23.9 Å². The van der Waals surface area contributed by atoms with Gasteiger partial charge in [-0.1, -0.05) is 12.1 Å². The number of sulfonamides is 1. The Bertz CT molecular complexity index is 954. The van der Waals surface area contributed by atoms with Crippen molar-refractivity contribution in [2.45, 2.75) is 11.8 Å². The van der Waals surface area contributed by atoms with Gasteiger partial charge in [-0.25, -0.2) is 0 Å². The first kappa shape index (κ1) is 17.0. The Balaban J connectivity index is 1.81. The summed E-state index contributed by atoms with van der Waals surface area (Å²) in [5.41, 5.74) is 1.92. The number of benzene rings is 2. The largest absolute Gasteiger partial charge is 0.497 e. The Kier molecular flexibility index (Phi) is 4.45. The van der Waals surface area contributed by atoms with Gasteiger partial charge in [0, 0.05) is 11.8 Å². The standard InChI is InChI=1S/C17H17N3O4S/c1-12-6-7-16-15(8-12)20(11-18-25(16,22)23)10-17(21)19-13-4-3-5-14(9-13)24-2/h3-9,11H,10H2,1-2H3,(H,19,21). The summed E-state index contributed by atoms with van der Waals surface area (Å²) in [6.45, 7) is 1.79. The van der Waals surface area contributed by atoms with E-state index in [0.717, 1.165) is 5.56 Å². The Morgan fingerprint density at radius 2 is 2.04 bits per heavy atom. The van der Waals surface area contributed by atoms with E-state index in [1.54, 1.807) is 43.5 Å². The summed E-state index contributed by atoms with van der Waals surface area (Å²) in [5.74, 6) is 0.329. The van der Waals surface area contributed by atoms with Gasteiger partial charge in [0.15, 0.2) is 0 Å². The zero-order valence-electron chi connectivity index (χ0n) is 13.8. The maximum atomic E-state index is 12.3. The molecule has 0 saturated heterocycles. The maximum absolute atomic E-state index is 12.3. The van der Waals surface area contributed by atoms with Crippen LogP contribution in [0.2, 0.25) is 0 Å². The normalized spacial score (nSPS) is 14.7. The van der Waals surface area contributed by atoms with E-state index >= 15 is 0 Å². The number of fused-ring (bicyclic) bond motifs is 1. The average molecular weight is 359 g/mol. The first-order chi connectivity index (χ1) is 11.9. The molecule has 2 aromatic rings. The number of ether oxygens (including phenoxy) is 1. The number of hydrogen-bond donors (Lipinski definition) is 1. The van der Waals surface area contributed by atoms with Gasteiger partial charge in [0.25, 0.3) is 10.0 Å². The highest BCUT2D eigenvalue weighted by Gasteiger charge is 2.26. The number of amides is 1. The van der Waals surface area contributed by atoms with Crippen LogP contribution in [0.4, 0.5) is 11.4 Å². The third kappa shape index (κ3) is 3.63. The van der Waals surface area contributed by atoms with Crippen molar-refractivity contribution in [1.82, 2.24) is 0 Å². The lowest BCUT2D eigenvalue weighted by molar-refractivity contribution is -0.114. The Hall–Kier alpha value is -2.87. The molecule has 1 aliphatic heterocycles. The predicted molar refractivity (Wildman–Crippen MR) is 95.8 cm³/mol. The fourth-order valence-electron chi connectivity index (χ4n) is 2.49. The van der Waals surface area contributed by atoms with E-state index in [0.29, 0.717) is 17.1 Å². The quantitative estimate of drug-likeness (QED) is 0.904. The molecule has 8 heteroatoms. The lowest BCUT2D eigenvalue weighted by Gasteiger charge is -2.25. The highest BCUT2D eigenvalue weighted by molar-refractivity contribution is 7.90. The number of aryl methyl sites for hydroxylation is 1. The molecule has 0 radical (unpaired) electrons. The van der Waals surface area contributed by atoms with E-state index in [9.17, 15) is 13.2 Å². The van der Waals surface area contributed by atoms with Gasteiger partial charge in [0.05, 0.1) is 12.8 Å². The van der Waals surface area contributed by atoms with Crippen LogP contribution in [-0.2, 0) is 14.8 Å². The van der Waals surface area contributed by atoms with Gasteiger partial charge < -0.3 is 15.0 Å². The van der Waals surface area contributed by atoms with E-state index in [4.69, 9.17) is 4.74 Å². The topological polar surface area (TPSA) is 88.1 Å². The molecule has 0 atom stereocenters. The number of carbonyl (C=O) groups is 1. The summed E-state index contributed by atoms with van der Waals surface area (Å²) >= 11 is 0. The minimum Gasteiger partial charge on any atom is -0.497 e. The highest BCUT2D eigenvalue weighted by Crippen LogP contribution is 2.30. The zero-order valence-corrected chi connectivity index (χ0v) is 14.6. The second kappa shape index (κ2) is 6.56. The second-order valence-corrected chi connectivity index (χ2v) is 7.18. The number of rotatable bonds is 4. The van der Waals surface area contributed by atoms with Crippen molar-refractivity contribution in [3.05, 3.63) is 48.0 Å². The van der Waals surface area contributed by atoms with Crippen LogP contribution < -0.4 is 15.0 Å². The fraction of sp³-hybridized carbons (Fsp3) is 0.176. The number of carbonyl (C=O) groups excluding carboxylic acids is 1. The summed E-state index contributed by atoms with van der Waals surface area (Å²) < 4.78 is 32.8. The van der Waals surface area contributed by atoms with E-state index in [1.807, 2.05) is 6.92 Å². The molecule has 1 amide bonds. The molecule has 0 bridgehead atoms. The third-order valence-corrected chi connectivity index (χ3v) is 4.97. The minimum absolute atomic E-state index is 0.0628. The Morgan fingerprint density at radius 3 is 2.80 bits per heavy atom. The zero-order chi connectivity index (χ0) is 18.0. The van der Waals surface area contributed by atoms with Crippen LogP contribution in [0, 0.1) is 6.92 Å². The van der Waals surface area contributed by atoms with E-state index in [1.165, 1.54) is 17.3 Å². The van der Waals surface area contributed by atoms with E-state index in [-0.39, 0.29) is 17.3 Å². The van der Waals surface area contributed by atoms with Crippen LogP contribution >= 0.6 is 0 Å². The van der Waals surface area contributed by atoms with Gasteiger partial charge in [0.1, 0.15) is 23.5 Å². The molecule has 1 N–H and O–H groups in total. The molecule has 1 aliphatic rings. The van der Waals surface area contributed by atoms with Crippen molar-refractivity contribution in [2.24, 2.45) is 4.40 Å². The van der Waals surface area contributed by atoms with Crippen LogP contribution in [0.15, 0.2) is 51.8 Å². The SMILES string of the molecule is COc1cccc(NC(=O)CN2C=NS(=O)(=O)c3ccc(C)cc32)c1. The minimum atomic E-state index is -3.72. The van der Waals surface area contributed by atoms with Crippen LogP contribution in [-0.4, -0.2) is 34.3 Å². The number of nitrogens with one attached hydrogen (secondary N) is 1. The van der Waals surface area contributed by atoms with Crippen molar-refractivity contribution < 1.29 is 17.9 Å². The Morgan fingerprint density at radius 1 is 1.24 bits per heavy atom. The molecule has 0 saturated carbocycles. The maximum Gasteiger partial charge on any atom is 0.285 e. The summed E-state index contributed by atoms with van der Waals surface area (Å²) in [7, 11) is -2.17. The number of anilines is 2. The highest BCUT2D eigenvalue weighted by atomic mass is 32.2. The Labute approximate surface area is 146 Å². The molecule has 0 aromatic heterocycles. The fourth-order valence-corrected chi connectivity index (χ4v) is 3.52. The van der Waals surface area contributed by atoms with E-state index in [2.05, 4.69) is 9.71 Å². The third-order valence-electron chi connectivity index (χ3n) is 3.69. The molecule has 1 heterocycles. The first-order valence-corrected chi connectivity index (χ1v) is 8.95. The molecular weight excluding hydrogens is 342 g/mol. The van der Waals surface area contributed by atoms with Crippen LogP contribution in [0.1, 0.15) is 5.56 Å². The molecule has 0 fully saturated rings. The summed E-state index contributed by atoms with van der Waals surface area (Å²) in [5, 5.41) is 2.76. The van der Waals surface area contributed by atoms with Crippen molar-refractivity contribution >= 4 is 33.6 Å². The summed E-state index contributed by atoms with van der Waals surface area (Å²) in [4.78, 5) is 13.9. The molecular formula is C17H17N3O4S. The van der Waals surface area contributed by atoms with Gasteiger partial charge >= 0.3 is 0 Å². The molecule has 0 aliphatic carbocycles. The predicted octanol–water partition coefficient (Wildman–Crippen LogP) is 2.18. The van der Waals surface area contributed by atoms with Crippen LogP contribution in [0.25, 0.3) is 0 Å². The van der Waals surface area contributed by atoms with Crippen molar-refractivity contribution in [1.29, 1.82) is 0 Å². The molecule has 2 aromatic carbocycles. The molecule has 0 unspecified atom stereocenters. The monoisotopic (exact) mass is 359 g/mol. The van der Waals surface area contributed by atoms with Gasteiger partial charge in [-0.3, -0.25) is 4.79 Å². The number of hydrogen-bond acceptors (Lipinski definition) is 5. The smallest absolute Gasteiger partial charge is 0.285 e. The van der Waals surface area contributed by atoms with Gasteiger partial charge in [-0.2, -0.15) is 8.42 Å². The molecule has 0 spiro atoms. The molecule has 3 rings (SSSR count). The van der Waals surface area contributed by atoms with Crippen molar-refractivity contribution in [3.8, 4) is 5.75 Å². The lowest BCUT2D eigenvalue weighted by Crippen LogP contribution is -2.35. The number of methoxy groups -OCH3 is 1. The summed E-state index contributed by atoms with van der Waals surface area (Å²) in [6.07, 6.45) is 1.17. The van der Waals surface area contributed by atoms with Gasteiger partial charge in [-0.15, -0.1) is 4.40 Å². The number of nitrogens with zero attached hydrogens (tertiary/aromatic N) is 2. The van der Waals surface area contributed by atoms with Crippen LogP contribution in [0.3, 0.4) is 0 Å². The average Bonchev–Trinajstić information content (AvgIpc) is 2.57. The van der Waals surface area contributed by atoms with Gasteiger partial charge in [0.2, 0.25) is 5.91 Å². The molecule has 130 valence electrons. The molecule has 25 heavy (non-hydrogen) atoms. The summed E-state index contributed by atoms with van der Waals surface area (Å²) in [6, 6.07) is 11.9. The van der Waals surface area contributed by atoms with Gasteiger partial charge in [-0.05, 0) is 36.8 Å². The van der Waals surface area contributed by atoms with Crippen LogP contribution in [0.5, 0.6) is 5.75 Å². The van der Waals surface area contributed by atoms with E-state index < -0.39 is 10.0 Å².